The molecule has 1 unspecified atom stereocenters. The first-order chi connectivity index (χ1) is 30.6. The summed E-state index contributed by atoms with van der Waals surface area (Å²) in [5.74, 6) is -6.12. The zero-order valence-electron chi connectivity index (χ0n) is 37.8. The average molecular weight is 891 g/mol. The molecule has 3 aromatic rings. The van der Waals surface area contributed by atoms with Gasteiger partial charge in [-0.15, -0.1) is 5.10 Å². The van der Waals surface area contributed by atoms with E-state index in [1.54, 1.807) is 27.0 Å². The summed E-state index contributed by atoms with van der Waals surface area (Å²) in [6, 6.07) is 11.9. The Balaban J connectivity index is 1.43. The van der Waals surface area contributed by atoms with Crippen molar-refractivity contribution in [2.45, 2.75) is 136 Å². The van der Waals surface area contributed by atoms with Crippen LogP contribution in [0.2, 0.25) is 0 Å². The molecule has 18 nitrogen and oxygen atoms in total. The number of hydrogen-bond acceptors (Lipinski definition) is 15. The summed E-state index contributed by atoms with van der Waals surface area (Å²) in [5.41, 5.74) is 3.18. The number of hydrogen-bond donors (Lipinski definition) is 3. The van der Waals surface area contributed by atoms with Crippen molar-refractivity contribution in [2.75, 3.05) is 26.8 Å². The molecule has 5 rings (SSSR count). The second kappa shape index (κ2) is 23.3. The Morgan fingerprint density at radius 3 is 2.27 bits per heavy atom. The molecule has 2 amide bonds. The van der Waals surface area contributed by atoms with E-state index >= 15 is 0 Å². The Kier molecular flexibility index (Phi) is 17.9. The molecule has 1 saturated carbocycles. The highest BCUT2D eigenvalue weighted by molar-refractivity contribution is 5.95. The molecule has 2 fully saturated rings. The van der Waals surface area contributed by atoms with Gasteiger partial charge in [0.2, 0.25) is 5.91 Å². The third kappa shape index (κ3) is 13.6. The van der Waals surface area contributed by atoms with Gasteiger partial charge in [0.05, 0.1) is 32.0 Å². The van der Waals surface area contributed by atoms with Gasteiger partial charge in [-0.3, -0.25) is 24.0 Å². The summed E-state index contributed by atoms with van der Waals surface area (Å²) in [4.78, 5) is 78.8. The van der Waals surface area contributed by atoms with Crippen molar-refractivity contribution in [1.82, 2.24) is 30.9 Å². The minimum atomic E-state index is -2.05. The van der Waals surface area contributed by atoms with Crippen molar-refractivity contribution in [3.05, 3.63) is 76.6 Å². The number of nitrogens with one attached hydrogen (secondary N) is 3. The minimum Gasteiger partial charge on any atom is -0.465 e. The number of carbonyl (C=O) groups is 6. The average Bonchev–Trinajstić information content (AvgIpc) is 3.73. The third-order valence-corrected chi connectivity index (χ3v) is 11.3. The zero-order valence-corrected chi connectivity index (χ0v) is 37.8. The highest BCUT2D eigenvalue weighted by Gasteiger charge is 2.57. The van der Waals surface area contributed by atoms with Crippen molar-refractivity contribution in [2.24, 2.45) is 5.92 Å². The number of amides is 2. The van der Waals surface area contributed by atoms with Gasteiger partial charge >= 0.3 is 23.9 Å². The number of esters is 4. The fraction of sp³-hybridized carbons (Fsp3) is 0.565. The topological polar surface area (TPSA) is 225 Å². The first-order valence-electron chi connectivity index (χ1n) is 21.9. The Labute approximate surface area is 373 Å². The SMILES string of the molecule is COC(=O)[C@@]1(OCCCNCc2ccccc2)C[C@@H](C)[C@@H](NC(=O)Cn2cc(C3CCCCC3)nn2)C([C@H](OC(C)=O)[C@@H](CNC(=O)c2cc(C)c(OC(C)=O)c(C)c2)OC(C)=O)O1. The third-order valence-electron chi connectivity index (χ3n) is 11.3. The Hall–Kier alpha value is -5.72. The molecular weight excluding hydrogens is 829 g/mol. The summed E-state index contributed by atoms with van der Waals surface area (Å²) in [7, 11) is 1.19. The van der Waals surface area contributed by atoms with Crippen molar-refractivity contribution in [1.29, 1.82) is 0 Å². The Bertz CT molecular complexity index is 2070. The molecular formula is C46H62N6O12. The number of rotatable bonds is 20. The monoisotopic (exact) mass is 890 g/mol. The van der Waals surface area contributed by atoms with Gasteiger partial charge in [0.1, 0.15) is 18.4 Å². The van der Waals surface area contributed by atoms with E-state index in [4.69, 9.17) is 28.4 Å². The fourth-order valence-electron chi connectivity index (χ4n) is 8.43. The molecule has 1 aromatic heterocycles. The number of aromatic nitrogens is 3. The van der Waals surface area contributed by atoms with Crippen LogP contribution in [0.1, 0.15) is 111 Å². The molecule has 64 heavy (non-hydrogen) atoms. The maximum atomic E-state index is 13.9. The standard InChI is InChI=1S/C46H62N6O12/c1-28-21-36(22-29(2)41(28)62-32(5)54)44(57)48-25-38(61-31(4)53)42(63-33(6)55)43-40(49-39(56)27-52-26-37(50-51-52)35-17-12-9-13-18-35)30(3)23-46(64-43,45(58)59-7)60-20-14-19-47-24-34-15-10-8-11-16-34/h8,10-11,15-16,21-22,26,30,35,38,40,42-43,47H,9,12-14,17-20,23-25,27H2,1-7H3,(H,48,57)(H,49,56)/t30-,38-,40-,42-,43?,46-/m1/s1. The van der Waals surface area contributed by atoms with E-state index in [1.807, 2.05) is 30.3 Å². The van der Waals surface area contributed by atoms with E-state index in [9.17, 15) is 28.8 Å². The Morgan fingerprint density at radius 2 is 1.62 bits per heavy atom. The molecule has 1 saturated heterocycles. The maximum absolute atomic E-state index is 13.9. The van der Waals surface area contributed by atoms with Gasteiger partial charge in [-0.25, -0.2) is 9.48 Å². The number of carbonyl (C=O) groups excluding carboxylic acids is 6. The van der Waals surface area contributed by atoms with Crippen LogP contribution >= 0.6 is 0 Å². The summed E-state index contributed by atoms with van der Waals surface area (Å²) < 4.78 is 36.6. The van der Waals surface area contributed by atoms with E-state index in [2.05, 4.69) is 26.3 Å². The number of aryl methyl sites for hydroxylation is 2. The molecule has 0 spiro atoms. The predicted octanol–water partition coefficient (Wildman–Crippen LogP) is 4.14. The smallest absolute Gasteiger partial charge is 0.366 e. The first-order valence-corrected chi connectivity index (χ1v) is 21.9. The first kappa shape index (κ1) is 49.3. The number of ether oxygens (including phenoxy) is 6. The lowest BCUT2D eigenvalue weighted by Gasteiger charge is -2.48. The van der Waals surface area contributed by atoms with Gasteiger partial charge in [0.25, 0.3) is 11.7 Å². The van der Waals surface area contributed by atoms with Crippen LogP contribution in [0.15, 0.2) is 48.7 Å². The second-order valence-corrected chi connectivity index (χ2v) is 16.6. The van der Waals surface area contributed by atoms with Gasteiger partial charge in [-0.1, -0.05) is 61.7 Å². The predicted molar refractivity (Wildman–Crippen MR) is 231 cm³/mol. The van der Waals surface area contributed by atoms with Gasteiger partial charge in [0, 0.05) is 51.4 Å². The van der Waals surface area contributed by atoms with Crippen LogP contribution in [0, 0.1) is 19.8 Å². The molecule has 18 heteroatoms. The molecule has 348 valence electrons. The van der Waals surface area contributed by atoms with E-state index in [1.165, 1.54) is 37.3 Å². The van der Waals surface area contributed by atoms with Gasteiger partial charge in [0.15, 0.2) is 12.2 Å². The minimum absolute atomic E-state index is 0.0414. The van der Waals surface area contributed by atoms with E-state index in [0.717, 1.165) is 50.8 Å². The zero-order chi connectivity index (χ0) is 46.4. The summed E-state index contributed by atoms with van der Waals surface area (Å²) in [5, 5.41) is 17.7. The van der Waals surface area contributed by atoms with Crippen LogP contribution in [0.4, 0.5) is 0 Å². The van der Waals surface area contributed by atoms with Crippen LogP contribution in [0.25, 0.3) is 0 Å². The lowest BCUT2D eigenvalue weighted by molar-refractivity contribution is -0.306. The lowest BCUT2D eigenvalue weighted by atomic mass is 9.82. The Morgan fingerprint density at radius 1 is 0.938 bits per heavy atom. The lowest BCUT2D eigenvalue weighted by Crippen LogP contribution is -2.67. The maximum Gasteiger partial charge on any atom is 0.366 e. The van der Waals surface area contributed by atoms with Crippen LogP contribution < -0.4 is 20.7 Å². The largest absolute Gasteiger partial charge is 0.465 e. The van der Waals surface area contributed by atoms with Gasteiger partial charge < -0.3 is 44.4 Å². The van der Waals surface area contributed by atoms with Crippen molar-refractivity contribution < 1.29 is 57.2 Å². The molecule has 3 N–H and O–H groups in total. The normalized spacial score (nSPS) is 20.9. The molecule has 1 aliphatic heterocycles. The van der Waals surface area contributed by atoms with E-state index < -0.39 is 78.3 Å². The number of benzene rings is 2. The number of nitrogens with zero attached hydrogens (tertiary/aromatic N) is 3. The van der Waals surface area contributed by atoms with Crippen molar-refractivity contribution in [3.8, 4) is 5.75 Å². The highest BCUT2D eigenvalue weighted by atomic mass is 16.7. The van der Waals surface area contributed by atoms with E-state index in [-0.39, 0.29) is 31.1 Å². The molecule has 2 heterocycles. The fourth-order valence-corrected chi connectivity index (χ4v) is 8.43. The summed E-state index contributed by atoms with van der Waals surface area (Å²) in [6.45, 7) is 9.30. The highest BCUT2D eigenvalue weighted by Crippen LogP contribution is 2.39. The van der Waals surface area contributed by atoms with Crippen LogP contribution in [0.3, 0.4) is 0 Å². The van der Waals surface area contributed by atoms with Crippen LogP contribution in [0.5, 0.6) is 5.75 Å². The molecule has 6 atom stereocenters. The second-order valence-electron chi connectivity index (χ2n) is 16.6. The van der Waals surface area contributed by atoms with Crippen LogP contribution in [-0.4, -0.2) is 108 Å². The number of methoxy groups -OCH3 is 1. The quantitative estimate of drug-likeness (QED) is 0.0628. The molecule has 2 aromatic carbocycles. The molecule has 0 radical (unpaired) electrons. The summed E-state index contributed by atoms with van der Waals surface area (Å²) >= 11 is 0. The van der Waals surface area contributed by atoms with Gasteiger partial charge in [-0.2, -0.15) is 0 Å². The van der Waals surface area contributed by atoms with E-state index in [0.29, 0.717) is 36.4 Å². The summed E-state index contributed by atoms with van der Waals surface area (Å²) in [6.07, 6.45) is 3.16. The molecule has 1 aliphatic carbocycles. The van der Waals surface area contributed by atoms with Crippen molar-refractivity contribution >= 4 is 35.7 Å². The van der Waals surface area contributed by atoms with Crippen molar-refractivity contribution in [3.63, 3.8) is 0 Å². The molecule has 2 aliphatic rings. The molecule has 0 bridgehead atoms. The van der Waals surface area contributed by atoms with Gasteiger partial charge in [-0.05, 0) is 74.4 Å². The van der Waals surface area contributed by atoms with Crippen LogP contribution in [-0.2, 0) is 60.7 Å².